The van der Waals surface area contributed by atoms with E-state index in [-0.39, 0.29) is 10.8 Å². The van der Waals surface area contributed by atoms with Crippen LogP contribution in [0.4, 0.5) is 4.39 Å². The number of rotatable bonds is 5. The maximum absolute atomic E-state index is 13.3. The van der Waals surface area contributed by atoms with Gasteiger partial charge in [-0.2, -0.15) is 0 Å². The van der Waals surface area contributed by atoms with Crippen molar-refractivity contribution in [2.24, 2.45) is 0 Å². The summed E-state index contributed by atoms with van der Waals surface area (Å²) in [7, 11) is 0. The van der Waals surface area contributed by atoms with Crippen molar-refractivity contribution in [1.82, 2.24) is 14.9 Å². The van der Waals surface area contributed by atoms with Crippen LogP contribution in [0.5, 0.6) is 0 Å². The lowest BCUT2D eigenvalue weighted by molar-refractivity contribution is 0.624. The molecule has 0 aliphatic rings. The Kier molecular flexibility index (Phi) is 4.33. The van der Waals surface area contributed by atoms with Crippen LogP contribution in [-0.2, 0) is 13.1 Å². The first-order valence-corrected chi connectivity index (χ1v) is 6.22. The van der Waals surface area contributed by atoms with Gasteiger partial charge in [-0.3, -0.25) is 0 Å². The molecule has 5 heteroatoms. The molecular formula is C13H15ClFN3. The molecule has 0 saturated heterocycles. The van der Waals surface area contributed by atoms with Gasteiger partial charge in [-0.25, -0.2) is 9.37 Å². The Hall–Kier alpha value is -1.39. The maximum Gasteiger partial charge on any atom is 0.142 e. The highest BCUT2D eigenvalue weighted by Gasteiger charge is 2.06. The SMILES string of the molecule is CCNCc1cn(Cc2cccc(F)c2Cl)cn1. The van der Waals surface area contributed by atoms with E-state index >= 15 is 0 Å². The van der Waals surface area contributed by atoms with Crippen LogP contribution in [-0.4, -0.2) is 16.1 Å². The fourth-order valence-corrected chi connectivity index (χ4v) is 1.89. The first-order valence-electron chi connectivity index (χ1n) is 5.85. The van der Waals surface area contributed by atoms with Crippen LogP contribution in [0, 0.1) is 5.82 Å². The van der Waals surface area contributed by atoms with Gasteiger partial charge in [0, 0.05) is 12.7 Å². The molecule has 0 unspecified atom stereocenters. The Labute approximate surface area is 111 Å². The van der Waals surface area contributed by atoms with Crippen LogP contribution >= 0.6 is 11.6 Å². The average Bonchev–Trinajstić information content (AvgIpc) is 2.80. The summed E-state index contributed by atoms with van der Waals surface area (Å²) in [5.74, 6) is -0.387. The smallest absolute Gasteiger partial charge is 0.142 e. The van der Waals surface area contributed by atoms with E-state index in [0.29, 0.717) is 6.54 Å². The van der Waals surface area contributed by atoms with Gasteiger partial charge in [0.1, 0.15) is 5.82 Å². The predicted molar refractivity (Wildman–Crippen MR) is 70.1 cm³/mol. The lowest BCUT2D eigenvalue weighted by Crippen LogP contribution is -2.11. The zero-order valence-electron chi connectivity index (χ0n) is 10.2. The lowest BCUT2D eigenvalue weighted by atomic mass is 10.2. The third-order valence-corrected chi connectivity index (χ3v) is 3.05. The van der Waals surface area contributed by atoms with Gasteiger partial charge in [0.15, 0.2) is 0 Å². The molecule has 0 radical (unpaired) electrons. The standard InChI is InChI=1S/C13H15ClFN3/c1-2-16-6-11-8-18(9-17-11)7-10-4-3-5-12(15)13(10)14/h3-5,8-9,16H,2,6-7H2,1H3. The van der Waals surface area contributed by atoms with Gasteiger partial charge in [0.05, 0.1) is 23.6 Å². The van der Waals surface area contributed by atoms with E-state index in [0.717, 1.165) is 24.3 Å². The molecule has 18 heavy (non-hydrogen) atoms. The van der Waals surface area contributed by atoms with Crippen molar-refractivity contribution in [3.05, 3.63) is 52.8 Å². The van der Waals surface area contributed by atoms with E-state index in [2.05, 4.69) is 10.3 Å². The van der Waals surface area contributed by atoms with Crippen molar-refractivity contribution in [1.29, 1.82) is 0 Å². The molecule has 0 saturated carbocycles. The third kappa shape index (κ3) is 3.09. The van der Waals surface area contributed by atoms with Gasteiger partial charge in [-0.05, 0) is 18.2 Å². The molecule has 2 aromatic rings. The Bertz CT molecular complexity index is 525. The number of benzene rings is 1. The van der Waals surface area contributed by atoms with Crippen molar-refractivity contribution < 1.29 is 4.39 Å². The van der Waals surface area contributed by atoms with Gasteiger partial charge in [0.2, 0.25) is 0 Å². The Morgan fingerprint density at radius 1 is 1.44 bits per heavy atom. The monoisotopic (exact) mass is 267 g/mol. The third-order valence-electron chi connectivity index (χ3n) is 2.63. The first kappa shape index (κ1) is 13.1. The summed E-state index contributed by atoms with van der Waals surface area (Å²) in [4.78, 5) is 4.27. The van der Waals surface area contributed by atoms with E-state index in [9.17, 15) is 4.39 Å². The lowest BCUT2D eigenvalue weighted by Gasteiger charge is -2.05. The van der Waals surface area contributed by atoms with Crippen LogP contribution < -0.4 is 5.32 Å². The van der Waals surface area contributed by atoms with Gasteiger partial charge in [-0.15, -0.1) is 0 Å². The molecule has 1 aromatic carbocycles. The van der Waals surface area contributed by atoms with E-state index in [1.165, 1.54) is 6.07 Å². The second-order valence-corrected chi connectivity index (χ2v) is 4.41. The molecule has 0 spiro atoms. The van der Waals surface area contributed by atoms with Crippen molar-refractivity contribution in [3.63, 3.8) is 0 Å². The topological polar surface area (TPSA) is 29.9 Å². The summed E-state index contributed by atoms with van der Waals surface area (Å²) in [5, 5.41) is 3.38. The highest BCUT2D eigenvalue weighted by Crippen LogP contribution is 2.20. The minimum absolute atomic E-state index is 0.180. The van der Waals surface area contributed by atoms with Crippen LogP contribution in [0.1, 0.15) is 18.2 Å². The fourth-order valence-electron chi connectivity index (χ4n) is 1.70. The minimum Gasteiger partial charge on any atom is -0.333 e. The summed E-state index contributed by atoms with van der Waals surface area (Å²) >= 11 is 5.91. The zero-order chi connectivity index (χ0) is 13.0. The second-order valence-electron chi connectivity index (χ2n) is 4.03. The summed E-state index contributed by atoms with van der Waals surface area (Å²) in [6, 6.07) is 4.83. The summed E-state index contributed by atoms with van der Waals surface area (Å²) in [6.07, 6.45) is 3.66. The maximum atomic E-state index is 13.3. The Morgan fingerprint density at radius 3 is 3.06 bits per heavy atom. The van der Waals surface area contributed by atoms with Crippen LogP contribution in [0.3, 0.4) is 0 Å². The molecule has 1 aromatic heterocycles. The van der Waals surface area contributed by atoms with Crippen molar-refractivity contribution in [3.8, 4) is 0 Å². The molecule has 1 heterocycles. The van der Waals surface area contributed by atoms with Gasteiger partial charge in [0.25, 0.3) is 0 Å². The predicted octanol–water partition coefficient (Wildman–Crippen LogP) is 2.83. The highest BCUT2D eigenvalue weighted by atomic mass is 35.5. The molecule has 2 rings (SSSR count). The van der Waals surface area contributed by atoms with E-state index in [1.54, 1.807) is 12.4 Å². The van der Waals surface area contributed by atoms with Gasteiger partial charge in [-0.1, -0.05) is 30.7 Å². The number of imidazole rings is 1. The summed E-state index contributed by atoms with van der Waals surface area (Å²) < 4.78 is 15.2. The molecule has 96 valence electrons. The normalized spacial score (nSPS) is 10.8. The van der Waals surface area contributed by atoms with E-state index in [1.807, 2.05) is 23.8 Å². The van der Waals surface area contributed by atoms with Gasteiger partial charge >= 0.3 is 0 Å². The Balaban J connectivity index is 2.09. The summed E-state index contributed by atoms with van der Waals surface area (Å²) in [5.41, 5.74) is 1.72. The number of aromatic nitrogens is 2. The average molecular weight is 268 g/mol. The van der Waals surface area contributed by atoms with E-state index in [4.69, 9.17) is 11.6 Å². The number of nitrogens with one attached hydrogen (secondary N) is 1. The van der Waals surface area contributed by atoms with Crippen LogP contribution in [0.25, 0.3) is 0 Å². The van der Waals surface area contributed by atoms with E-state index < -0.39 is 0 Å². The largest absolute Gasteiger partial charge is 0.333 e. The quantitative estimate of drug-likeness (QED) is 0.903. The number of nitrogens with zero attached hydrogens (tertiary/aromatic N) is 2. The van der Waals surface area contributed by atoms with Crippen molar-refractivity contribution in [2.75, 3.05) is 6.54 Å². The fraction of sp³-hybridized carbons (Fsp3) is 0.308. The highest BCUT2D eigenvalue weighted by molar-refractivity contribution is 6.31. The number of hydrogen-bond donors (Lipinski definition) is 1. The van der Waals surface area contributed by atoms with Crippen molar-refractivity contribution in [2.45, 2.75) is 20.0 Å². The molecule has 0 aliphatic carbocycles. The summed E-state index contributed by atoms with van der Waals surface area (Å²) in [6.45, 7) is 4.21. The molecule has 0 fully saturated rings. The molecule has 0 amide bonds. The number of halogens is 2. The minimum atomic E-state index is -0.387. The van der Waals surface area contributed by atoms with Crippen molar-refractivity contribution >= 4 is 11.6 Å². The Morgan fingerprint density at radius 2 is 2.28 bits per heavy atom. The van der Waals surface area contributed by atoms with Crippen LogP contribution in [0.2, 0.25) is 5.02 Å². The molecule has 0 atom stereocenters. The molecule has 3 nitrogen and oxygen atoms in total. The second kappa shape index (κ2) is 5.98. The molecular weight excluding hydrogens is 253 g/mol. The first-order chi connectivity index (χ1) is 8.70. The number of hydrogen-bond acceptors (Lipinski definition) is 2. The zero-order valence-corrected chi connectivity index (χ0v) is 10.9. The van der Waals surface area contributed by atoms with Gasteiger partial charge < -0.3 is 9.88 Å². The molecule has 1 N–H and O–H groups in total. The molecule has 0 bridgehead atoms. The molecule has 0 aliphatic heterocycles. The van der Waals surface area contributed by atoms with Crippen LogP contribution in [0.15, 0.2) is 30.7 Å².